The van der Waals surface area contributed by atoms with Crippen LogP contribution >= 0.6 is 0 Å². The number of carbonyl (C=O) groups excluding carboxylic acids is 1. The first kappa shape index (κ1) is 18.0. The second-order valence-electron chi connectivity index (χ2n) is 5.72. The maximum atomic E-state index is 12.2. The zero-order valence-corrected chi connectivity index (χ0v) is 15.3. The SMILES string of the molecule is COc1ccc2cc(C(=O)OCc3ccc(S(=O)(=O)N(C)C)o3)[nH]c2c1. The number of hydrogen-bond donors (Lipinski definition) is 1. The summed E-state index contributed by atoms with van der Waals surface area (Å²) in [6.07, 6.45) is 0. The number of furan rings is 1. The molecule has 0 unspecified atom stereocenters. The number of rotatable bonds is 6. The molecule has 0 aliphatic carbocycles. The number of aromatic nitrogens is 1. The number of methoxy groups -OCH3 is 1. The van der Waals surface area contributed by atoms with Crippen molar-refractivity contribution in [3.8, 4) is 5.75 Å². The Balaban J connectivity index is 1.70. The number of fused-ring (bicyclic) bond motifs is 1. The predicted octanol–water partition coefficient (Wildman–Crippen LogP) is 2.38. The van der Waals surface area contributed by atoms with Crippen molar-refractivity contribution in [1.29, 1.82) is 0 Å². The molecule has 8 nitrogen and oxygen atoms in total. The third-order valence-electron chi connectivity index (χ3n) is 3.77. The van der Waals surface area contributed by atoms with Gasteiger partial charge in [-0.3, -0.25) is 0 Å². The summed E-state index contributed by atoms with van der Waals surface area (Å²) in [4.78, 5) is 15.2. The summed E-state index contributed by atoms with van der Waals surface area (Å²) in [5, 5.41) is 0.640. The number of H-pyrrole nitrogens is 1. The highest BCUT2D eigenvalue weighted by molar-refractivity contribution is 7.88. The van der Waals surface area contributed by atoms with E-state index in [4.69, 9.17) is 13.9 Å². The standard InChI is InChI=1S/C17H18N2O6S/c1-19(2)26(21,22)16-7-6-13(25-16)10-24-17(20)15-8-11-4-5-12(23-3)9-14(11)18-15/h4-9,18H,10H2,1-3H3. The van der Waals surface area contributed by atoms with Crippen molar-refractivity contribution < 1.29 is 27.1 Å². The topological polar surface area (TPSA) is 102 Å². The number of aromatic amines is 1. The molecular formula is C17H18N2O6S. The fraction of sp³-hybridized carbons (Fsp3) is 0.235. The summed E-state index contributed by atoms with van der Waals surface area (Å²) in [7, 11) is 0.711. The lowest BCUT2D eigenvalue weighted by Crippen LogP contribution is -2.21. The number of nitrogens with one attached hydrogen (secondary N) is 1. The van der Waals surface area contributed by atoms with Gasteiger partial charge in [-0.05, 0) is 30.3 Å². The average molecular weight is 378 g/mol. The summed E-state index contributed by atoms with van der Waals surface area (Å²) in [5.41, 5.74) is 1.02. The van der Waals surface area contributed by atoms with Crippen molar-refractivity contribution in [3.63, 3.8) is 0 Å². The molecule has 0 aliphatic heterocycles. The lowest BCUT2D eigenvalue weighted by atomic mass is 10.2. The number of carbonyl (C=O) groups is 1. The van der Waals surface area contributed by atoms with Gasteiger partial charge in [-0.1, -0.05) is 0 Å². The minimum absolute atomic E-state index is 0.180. The molecule has 0 radical (unpaired) electrons. The Morgan fingerprint density at radius 2 is 1.96 bits per heavy atom. The van der Waals surface area contributed by atoms with Crippen LogP contribution in [-0.4, -0.2) is 44.9 Å². The largest absolute Gasteiger partial charge is 0.497 e. The maximum Gasteiger partial charge on any atom is 0.355 e. The monoisotopic (exact) mass is 378 g/mol. The molecule has 3 rings (SSSR count). The molecule has 9 heteroatoms. The van der Waals surface area contributed by atoms with E-state index < -0.39 is 16.0 Å². The summed E-state index contributed by atoms with van der Waals surface area (Å²) < 4.78 is 40.6. The number of benzene rings is 1. The highest BCUT2D eigenvalue weighted by Crippen LogP contribution is 2.22. The summed E-state index contributed by atoms with van der Waals surface area (Å²) in [6, 6.07) is 9.85. The van der Waals surface area contributed by atoms with E-state index >= 15 is 0 Å². The van der Waals surface area contributed by atoms with Gasteiger partial charge in [0.05, 0.1) is 7.11 Å². The van der Waals surface area contributed by atoms with E-state index in [-0.39, 0.29) is 23.2 Å². The van der Waals surface area contributed by atoms with Gasteiger partial charge in [0, 0.05) is 31.1 Å². The second kappa shape index (κ2) is 6.85. The Labute approximate surface area is 150 Å². The number of esters is 1. The minimum atomic E-state index is -3.66. The fourth-order valence-electron chi connectivity index (χ4n) is 2.31. The van der Waals surface area contributed by atoms with Crippen LogP contribution in [0.3, 0.4) is 0 Å². The smallest absolute Gasteiger partial charge is 0.355 e. The molecular weight excluding hydrogens is 360 g/mol. The molecule has 1 aromatic carbocycles. The lowest BCUT2D eigenvalue weighted by Gasteiger charge is -2.07. The van der Waals surface area contributed by atoms with Crippen LogP contribution in [0.25, 0.3) is 10.9 Å². The highest BCUT2D eigenvalue weighted by Gasteiger charge is 2.22. The van der Waals surface area contributed by atoms with Gasteiger partial charge in [0.2, 0.25) is 5.09 Å². The molecule has 0 fully saturated rings. The number of ether oxygens (including phenoxy) is 2. The van der Waals surface area contributed by atoms with Gasteiger partial charge < -0.3 is 18.9 Å². The average Bonchev–Trinajstić information content (AvgIpc) is 3.25. The van der Waals surface area contributed by atoms with E-state index in [2.05, 4.69) is 4.98 Å². The van der Waals surface area contributed by atoms with E-state index in [1.165, 1.54) is 26.2 Å². The first-order valence-corrected chi connectivity index (χ1v) is 9.10. The van der Waals surface area contributed by atoms with Gasteiger partial charge >= 0.3 is 5.97 Å². The first-order valence-electron chi connectivity index (χ1n) is 7.66. The Bertz CT molecular complexity index is 1050. The van der Waals surface area contributed by atoms with Crippen LogP contribution in [0.4, 0.5) is 0 Å². The van der Waals surface area contributed by atoms with Crippen LogP contribution in [0.15, 0.2) is 45.9 Å². The number of nitrogens with zero attached hydrogens (tertiary/aromatic N) is 1. The Hall–Kier alpha value is -2.78. The third-order valence-corrected chi connectivity index (χ3v) is 5.46. The molecule has 0 saturated heterocycles. The Kier molecular flexibility index (Phi) is 4.75. The molecule has 1 N–H and O–H groups in total. The van der Waals surface area contributed by atoms with Crippen molar-refractivity contribution >= 4 is 26.9 Å². The van der Waals surface area contributed by atoms with Crippen molar-refractivity contribution in [2.45, 2.75) is 11.7 Å². The molecule has 0 spiro atoms. The van der Waals surface area contributed by atoms with Crippen LogP contribution in [0.5, 0.6) is 5.75 Å². The molecule has 2 aromatic heterocycles. The Morgan fingerprint density at radius 3 is 2.65 bits per heavy atom. The molecule has 0 atom stereocenters. The van der Waals surface area contributed by atoms with E-state index in [9.17, 15) is 13.2 Å². The minimum Gasteiger partial charge on any atom is -0.497 e. The van der Waals surface area contributed by atoms with E-state index in [1.54, 1.807) is 25.3 Å². The summed E-state index contributed by atoms with van der Waals surface area (Å²) in [5.74, 6) is 0.328. The lowest BCUT2D eigenvalue weighted by molar-refractivity contribution is 0.0435. The third kappa shape index (κ3) is 3.44. The summed E-state index contributed by atoms with van der Waals surface area (Å²) >= 11 is 0. The quantitative estimate of drug-likeness (QED) is 0.661. The molecule has 0 aliphatic rings. The van der Waals surface area contributed by atoms with Crippen LogP contribution in [0.2, 0.25) is 0 Å². The fourth-order valence-corrected chi connectivity index (χ4v) is 3.12. The van der Waals surface area contributed by atoms with Gasteiger partial charge in [0.25, 0.3) is 10.0 Å². The van der Waals surface area contributed by atoms with E-state index in [1.807, 2.05) is 6.07 Å². The van der Waals surface area contributed by atoms with E-state index in [0.717, 1.165) is 15.2 Å². The van der Waals surface area contributed by atoms with Crippen LogP contribution in [0, 0.1) is 0 Å². The number of sulfonamides is 1. The van der Waals surface area contributed by atoms with Crippen molar-refractivity contribution in [2.24, 2.45) is 0 Å². The number of hydrogen-bond acceptors (Lipinski definition) is 6. The molecule has 0 amide bonds. The van der Waals surface area contributed by atoms with Crippen molar-refractivity contribution in [3.05, 3.63) is 47.9 Å². The van der Waals surface area contributed by atoms with Crippen molar-refractivity contribution in [1.82, 2.24) is 9.29 Å². The first-order chi connectivity index (χ1) is 12.3. The van der Waals surface area contributed by atoms with Crippen LogP contribution in [0.1, 0.15) is 16.2 Å². The molecule has 138 valence electrons. The van der Waals surface area contributed by atoms with Crippen molar-refractivity contribution in [2.75, 3.05) is 21.2 Å². The van der Waals surface area contributed by atoms with Gasteiger partial charge in [0.1, 0.15) is 23.8 Å². The molecule has 3 aromatic rings. The second-order valence-corrected chi connectivity index (χ2v) is 7.80. The normalized spacial score (nSPS) is 11.8. The van der Waals surface area contributed by atoms with Gasteiger partial charge in [-0.25, -0.2) is 17.5 Å². The maximum absolute atomic E-state index is 12.2. The van der Waals surface area contributed by atoms with Gasteiger partial charge in [0.15, 0.2) is 0 Å². The zero-order valence-electron chi connectivity index (χ0n) is 14.5. The van der Waals surface area contributed by atoms with E-state index in [0.29, 0.717) is 5.75 Å². The van der Waals surface area contributed by atoms with Gasteiger partial charge in [-0.15, -0.1) is 0 Å². The van der Waals surface area contributed by atoms with Gasteiger partial charge in [-0.2, -0.15) is 0 Å². The Morgan fingerprint density at radius 1 is 1.19 bits per heavy atom. The molecule has 26 heavy (non-hydrogen) atoms. The summed E-state index contributed by atoms with van der Waals surface area (Å²) in [6.45, 7) is -0.180. The van der Waals surface area contributed by atoms with Crippen LogP contribution < -0.4 is 4.74 Å². The highest BCUT2D eigenvalue weighted by atomic mass is 32.2. The zero-order chi connectivity index (χ0) is 18.9. The van der Waals surface area contributed by atoms with Crippen LogP contribution in [-0.2, 0) is 21.4 Å². The molecule has 2 heterocycles. The molecule has 0 saturated carbocycles. The predicted molar refractivity (Wildman–Crippen MR) is 93.6 cm³/mol. The molecule has 0 bridgehead atoms.